The lowest BCUT2D eigenvalue weighted by Crippen LogP contribution is -2.57. The van der Waals surface area contributed by atoms with E-state index in [0.29, 0.717) is 19.5 Å². The maximum atomic E-state index is 12.4. The standard InChI is InChI=1S/C20H42N2O2/c1-5-8-9-10-11-12-13-14-15-16-17-18-20(23)21-19(4)22(24,6-2)7-3/h19H,5-18H2,1-4H3,(H,21,23). The number of hydrogen-bond donors (Lipinski definition) is 1. The van der Waals surface area contributed by atoms with E-state index in [0.717, 1.165) is 12.8 Å². The molecule has 0 fully saturated rings. The smallest absolute Gasteiger partial charge is 0.224 e. The van der Waals surface area contributed by atoms with E-state index >= 15 is 0 Å². The highest BCUT2D eigenvalue weighted by Gasteiger charge is 2.22. The van der Waals surface area contributed by atoms with Crippen molar-refractivity contribution in [1.29, 1.82) is 0 Å². The number of rotatable bonds is 16. The molecule has 1 N–H and O–H groups in total. The Bertz CT molecular complexity index is 304. The van der Waals surface area contributed by atoms with Crippen molar-refractivity contribution in [2.75, 3.05) is 13.1 Å². The zero-order chi connectivity index (χ0) is 18.3. The first-order valence-electron chi connectivity index (χ1n) is 10.4. The molecule has 0 aromatic rings. The van der Waals surface area contributed by atoms with E-state index in [9.17, 15) is 10.0 Å². The predicted octanol–water partition coefficient (Wildman–Crippen LogP) is 5.50. The summed E-state index contributed by atoms with van der Waals surface area (Å²) in [5.41, 5.74) is 0. The van der Waals surface area contributed by atoms with E-state index in [1.165, 1.54) is 57.8 Å². The molecule has 4 nitrogen and oxygen atoms in total. The average Bonchev–Trinajstić information content (AvgIpc) is 2.58. The summed E-state index contributed by atoms with van der Waals surface area (Å²) in [7, 11) is 0. The van der Waals surface area contributed by atoms with Crippen LogP contribution in [0.15, 0.2) is 0 Å². The molecular formula is C20H42N2O2. The van der Waals surface area contributed by atoms with Crippen molar-refractivity contribution in [2.24, 2.45) is 0 Å². The third-order valence-electron chi connectivity index (χ3n) is 5.15. The summed E-state index contributed by atoms with van der Waals surface area (Å²) in [6.45, 7) is 8.82. The molecule has 1 unspecified atom stereocenters. The Balaban J connectivity index is 3.53. The highest BCUT2D eigenvalue weighted by Crippen LogP contribution is 2.12. The Hall–Kier alpha value is -0.610. The SMILES string of the molecule is CCCCCCCCCCCCCC(=O)NC(C)[N+]([O-])(CC)CC. The first-order valence-corrected chi connectivity index (χ1v) is 10.4. The Labute approximate surface area is 150 Å². The van der Waals surface area contributed by atoms with Gasteiger partial charge in [-0.05, 0) is 20.3 Å². The molecule has 1 amide bonds. The van der Waals surface area contributed by atoms with Crippen LogP contribution in [0.5, 0.6) is 0 Å². The van der Waals surface area contributed by atoms with Crippen molar-refractivity contribution in [3.05, 3.63) is 5.21 Å². The van der Waals surface area contributed by atoms with Gasteiger partial charge in [-0.3, -0.25) is 4.79 Å². The summed E-state index contributed by atoms with van der Waals surface area (Å²) in [6.07, 6.45) is 14.3. The number of carbonyl (C=O) groups excluding carboxylic acids is 1. The van der Waals surface area contributed by atoms with Gasteiger partial charge in [0.2, 0.25) is 5.91 Å². The Morgan fingerprint density at radius 2 is 1.25 bits per heavy atom. The Morgan fingerprint density at radius 1 is 0.833 bits per heavy atom. The van der Waals surface area contributed by atoms with Gasteiger partial charge in [0.1, 0.15) is 0 Å². The molecule has 0 bridgehead atoms. The molecule has 24 heavy (non-hydrogen) atoms. The molecule has 0 spiro atoms. The number of nitrogens with zero attached hydrogens (tertiary/aromatic N) is 1. The Morgan fingerprint density at radius 3 is 1.67 bits per heavy atom. The fourth-order valence-corrected chi connectivity index (χ4v) is 3.14. The third-order valence-corrected chi connectivity index (χ3v) is 5.15. The Kier molecular flexibility index (Phi) is 14.3. The first-order chi connectivity index (χ1) is 11.5. The van der Waals surface area contributed by atoms with Gasteiger partial charge in [0.25, 0.3) is 0 Å². The maximum Gasteiger partial charge on any atom is 0.224 e. The van der Waals surface area contributed by atoms with Crippen LogP contribution < -0.4 is 5.32 Å². The van der Waals surface area contributed by atoms with Crippen LogP contribution in [-0.4, -0.2) is 29.8 Å². The second-order valence-corrected chi connectivity index (χ2v) is 7.11. The van der Waals surface area contributed by atoms with Gasteiger partial charge in [0.05, 0.1) is 13.1 Å². The van der Waals surface area contributed by atoms with Gasteiger partial charge in [-0.15, -0.1) is 0 Å². The van der Waals surface area contributed by atoms with E-state index in [-0.39, 0.29) is 16.7 Å². The predicted molar refractivity (Wildman–Crippen MR) is 103 cm³/mol. The monoisotopic (exact) mass is 342 g/mol. The molecule has 0 aliphatic carbocycles. The number of carbonyl (C=O) groups is 1. The highest BCUT2D eigenvalue weighted by atomic mass is 16.5. The second kappa shape index (κ2) is 14.7. The molecule has 0 aromatic heterocycles. The lowest BCUT2D eigenvalue weighted by atomic mass is 10.1. The number of quaternary nitrogens is 1. The summed E-state index contributed by atoms with van der Waals surface area (Å²) in [6, 6.07) is 0. The molecule has 0 saturated carbocycles. The average molecular weight is 343 g/mol. The summed E-state index contributed by atoms with van der Waals surface area (Å²) in [5, 5.41) is 15.2. The number of amides is 1. The number of hydroxylamine groups is 3. The van der Waals surface area contributed by atoms with Gasteiger partial charge in [-0.1, -0.05) is 71.1 Å². The van der Waals surface area contributed by atoms with Crippen LogP contribution in [0.4, 0.5) is 0 Å². The van der Waals surface area contributed by atoms with Gasteiger partial charge in [-0.25, -0.2) is 0 Å². The lowest BCUT2D eigenvalue weighted by molar-refractivity contribution is -0.902. The number of unbranched alkanes of at least 4 members (excludes halogenated alkanes) is 10. The maximum absolute atomic E-state index is 12.4. The summed E-state index contributed by atoms with van der Waals surface area (Å²) in [4.78, 5) is 11.9. The van der Waals surface area contributed by atoms with Crippen LogP contribution in [0.25, 0.3) is 0 Å². The van der Waals surface area contributed by atoms with Gasteiger partial charge < -0.3 is 15.2 Å². The quantitative estimate of drug-likeness (QED) is 0.174. The topological polar surface area (TPSA) is 52.2 Å². The van der Waals surface area contributed by atoms with Crippen LogP contribution >= 0.6 is 0 Å². The molecular weight excluding hydrogens is 300 g/mol. The molecule has 0 aromatic carbocycles. The third kappa shape index (κ3) is 11.0. The van der Waals surface area contributed by atoms with Crippen LogP contribution in [0.2, 0.25) is 0 Å². The molecule has 1 atom stereocenters. The van der Waals surface area contributed by atoms with E-state index in [4.69, 9.17) is 0 Å². The molecule has 0 rings (SSSR count). The van der Waals surface area contributed by atoms with Crippen LogP contribution in [-0.2, 0) is 4.79 Å². The van der Waals surface area contributed by atoms with E-state index in [1.807, 2.05) is 20.8 Å². The van der Waals surface area contributed by atoms with Crippen molar-refractivity contribution < 1.29 is 9.44 Å². The molecule has 0 saturated heterocycles. The van der Waals surface area contributed by atoms with Crippen molar-refractivity contribution in [1.82, 2.24) is 5.32 Å². The van der Waals surface area contributed by atoms with Crippen molar-refractivity contribution >= 4 is 5.91 Å². The lowest BCUT2D eigenvalue weighted by Gasteiger charge is -2.46. The van der Waals surface area contributed by atoms with Crippen LogP contribution in [0, 0.1) is 5.21 Å². The minimum absolute atomic E-state index is 0.0266. The highest BCUT2D eigenvalue weighted by molar-refractivity contribution is 5.75. The molecule has 0 aliphatic rings. The zero-order valence-electron chi connectivity index (χ0n) is 16.7. The summed E-state index contributed by atoms with van der Waals surface area (Å²) >= 11 is 0. The molecule has 0 aliphatic heterocycles. The molecule has 144 valence electrons. The zero-order valence-corrected chi connectivity index (χ0v) is 16.7. The number of nitrogens with one attached hydrogen (secondary N) is 1. The summed E-state index contributed by atoms with van der Waals surface area (Å²) in [5.74, 6) is 0.0266. The summed E-state index contributed by atoms with van der Waals surface area (Å²) < 4.78 is -0.343. The molecule has 0 radical (unpaired) electrons. The van der Waals surface area contributed by atoms with Crippen molar-refractivity contribution in [3.63, 3.8) is 0 Å². The fourth-order valence-electron chi connectivity index (χ4n) is 3.14. The normalized spacial score (nSPS) is 13.0. The fraction of sp³-hybridized carbons (Fsp3) is 0.950. The van der Waals surface area contributed by atoms with Crippen LogP contribution in [0.1, 0.15) is 105 Å². The van der Waals surface area contributed by atoms with Crippen molar-refractivity contribution in [2.45, 2.75) is 111 Å². The van der Waals surface area contributed by atoms with Gasteiger partial charge in [-0.2, -0.15) is 0 Å². The second-order valence-electron chi connectivity index (χ2n) is 7.11. The van der Waals surface area contributed by atoms with Crippen LogP contribution in [0.3, 0.4) is 0 Å². The first kappa shape index (κ1) is 23.4. The minimum atomic E-state index is -0.347. The van der Waals surface area contributed by atoms with E-state index in [1.54, 1.807) is 0 Å². The molecule has 4 heteroatoms. The van der Waals surface area contributed by atoms with E-state index in [2.05, 4.69) is 12.2 Å². The number of hydrogen-bond acceptors (Lipinski definition) is 2. The minimum Gasteiger partial charge on any atom is -0.631 e. The van der Waals surface area contributed by atoms with Gasteiger partial charge >= 0.3 is 0 Å². The largest absolute Gasteiger partial charge is 0.631 e. The molecule has 0 heterocycles. The van der Waals surface area contributed by atoms with E-state index < -0.39 is 0 Å². The van der Waals surface area contributed by atoms with Gasteiger partial charge in [0.15, 0.2) is 6.17 Å². The van der Waals surface area contributed by atoms with Crippen molar-refractivity contribution in [3.8, 4) is 0 Å². The van der Waals surface area contributed by atoms with Gasteiger partial charge in [0, 0.05) is 13.3 Å².